The number of hydrogen-bond acceptors (Lipinski definition) is 1. The summed E-state index contributed by atoms with van der Waals surface area (Å²) < 4.78 is 0. The van der Waals surface area contributed by atoms with Crippen molar-refractivity contribution >= 4 is 5.91 Å². The third-order valence-corrected chi connectivity index (χ3v) is 3.55. The number of rotatable bonds is 2. The number of hydrogen-bond donors (Lipinski definition) is 1. The van der Waals surface area contributed by atoms with E-state index in [0.29, 0.717) is 11.8 Å². The summed E-state index contributed by atoms with van der Waals surface area (Å²) in [5, 5.41) is 0. The summed E-state index contributed by atoms with van der Waals surface area (Å²) in [6, 6.07) is 0. The van der Waals surface area contributed by atoms with Crippen molar-refractivity contribution in [1.29, 1.82) is 0 Å². The van der Waals surface area contributed by atoms with E-state index in [0.717, 1.165) is 11.8 Å². The molecule has 0 aromatic rings. The molecule has 0 spiro atoms. The van der Waals surface area contributed by atoms with Crippen LogP contribution in [0, 0.1) is 29.6 Å². The molecule has 2 bridgehead atoms. The molecular weight excluding hydrogens is 138 g/mol. The van der Waals surface area contributed by atoms with Crippen LogP contribution in [-0.4, -0.2) is 5.91 Å². The van der Waals surface area contributed by atoms with Crippen LogP contribution in [0.1, 0.15) is 20.3 Å². The summed E-state index contributed by atoms with van der Waals surface area (Å²) >= 11 is 0. The molecule has 0 aromatic carbocycles. The van der Waals surface area contributed by atoms with Crippen molar-refractivity contribution in [2.24, 2.45) is 35.3 Å². The molecule has 2 heteroatoms. The van der Waals surface area contributed by atoms with Crippen LogP contribution < -0.4 is 5.73 Å². The fourth-order valence-corrected chi connectivity index (χ4v) is 2.91. The first-order chi connectivity index (χ1) is 5.13. The Morgan fingerprint density at radius 3 is 2.27 bits per heavy atom. The Morgan fingerprint density at radius 2 is 2.00 bits per heavy atom. The first-order valence-corrected chi connectivity index (χ1v) is 4.42. The van der Waals surface area contributed by atoms with Gasteiger partial charge in [0.25, 0.3) is 0 Å². The molecule has 3 rings (SSSR count). The summed E-state index contributed by atoms with van der Waals surface area (Å²) in [6.45, 7) is 4.47. The summed E-state index contributed by atoms with van der Waals surface area (Å²) in [5.41, 5.74) is 5.24. The van der Waals surface area contributed by atoms with Gasteiger partial charge in [0.05, 0.1) is 0 Å². The topological polar surface area (TPSA) is 43.1 Å². The van der Waals surface area contributed by atoms with Gasteiger partial charge in [0, 0.05) is 5.92 Å². The van der Waals surface area contributed by atoms with Crippen molar-refractivity contribution in [3.63, 3.8) is 0 Å². The van der Waals surface area contributed by atoms with Crippen molar-refractivity contribution in [2.45, 2.75) is 20.3 Å². The molecule has 3 fully saturated rings. The van der Waals surface area contributed by atoms with E-state index in [-0.39, 0.29) is 11.8 Å². The van der Waals surface area contributed by atoms with E-state index in [2.05, 4.69) is 13.8 Å². The number of carbonyl (C=O) groups excluding carboxylic acids is 1. The molecule has 2 atom stereocenters. The Balaban J connectivity index is 1.97. The predicted molar refractivity (Wildman–Crippen MR) is 42.6 cm³/mol. The maximum Gasteiger partial charge on any atom is 0.221 e. The molecule has 2 nitrogen and oxygen atoms in total. The number of carbonyl (C=O) groups is 1. The summed E-state index contributed by atoms with van der Waals surface area (Å²) in [5.74, 6) is 3.04. The average Bonchev–Trinajstić information content (AvgIpc) is 1.49. The van der Waals surface area contributed by atoms with Gasteiger partial charge in [-0.15, -0.1) is 0 Å². The van der Waals surface area contributed by atoms with Gasteiger partial charge in [0.1, 0.15) is 0 Å². The van der Waals surface area contributed by atoms with Crippen molar-refractivity contribution in [1.82, 2.24) is 0 Å². The highest BCUT2D eigenvalue weighted by Crippen LogP contribution is 2.65. The lowest BCUT2D eigenvalue weighted by Gasteiger charge is -2.65. The smallest absolute Gasteiger partial charge is 0.221 e. The minimum absolute atomic E-state index is 0.0665. The minimum Gasteiger partial charge on any atom is -0.369 e. The van der Waals surface area contributed by atoms with Gasteiger partial charge >= 0.3 is 0 Å². The van der Waals surface area contributed by atoms with Gasteiger partial charge in [-0.3, -0.25) is 4.79 Å². The Hall–Kier alpha value is -0.530. The van der Waals surface area contributed by atoms with Gasteiger partial charge in [-0.05, 0) is 30.1 Å². The monoisotopic (exact) mass is 153 g/mol. The molecule has 2 unspecified atom stereocenters. The van der Waals surface area contributed by atoms with E-state index in [9.17, 15) is 4.79 Å². The van der Waals surface area contributed by atoms with Crippen LogP contribution in [0.3, 0.4) is 0 Å². The predicted octanol–water partition coefficient (Wildman–Crippen LogP) is 1.01. The van der Waals surface area contributed by atoms with Crippen LogP contribution in [0.15, 0.2) is 0 Å². The van der Waals surface area contributed by atoms with Crippen LogP contribution in [0.2, 0.25) is 0 Å². The van der Waals surface area contributed by atoms with E-state index in [1.807, 2.05) is 0 Å². The molecular formula is C9H15NO. The lowest BCUT2D eigenvalue weighted by atomic mass is 9.39. The molecule has 0 radical (unpaired) electrons. The third kappa shape index (κ3) is 0.700. The first kappa shape index (κ1) is 7.14. The fraction of sp³-hybridized carbons (Fsp3) is 0.889. The van der Waals surface area contributed by atoms with Crippen molar-refractivity contribution in [2.75, 3.05) is 0 Å². The Kier molecular flexibility index (Phi) is 1.29. The normalized spacial score (nSPS) is 46.5. The lowest BCUT2D eigenvalue weighted by molar-refractivity contribution is -0.189. The Bertz CT molecular complexity index is 190. The molecule has 62 valence electrons. The van der Waals surface area contributed by atoms with Crippen LogP contribution >= 0.6 is 0 Å². The zero-order valence-corrected chi connectivity index (χ0v) is 7.08. The zero-order chi connectivity index (χ0) is 8.17. The first-order valence-electron chi connectivity index (χ1n) is 4.42. The van der Waals surface area contributed by atoms with E-state index in [1.165, 1.54) is 6.42 Å². The van der Waals surface area contributed by atoms with Crippen LogP contribution in [0.4, 0.5) is 0 Å². The molecule has 0 heterocycles. The summed E-state index contributed by atoms with van der Waals surface area (Å²) in [7, 11) is 0. The molecule has 0 saturated heterocycles. The Morgan fingerprint density at radius 1 is 1.45 bits per heavy atom. The SMILES string of the molecule is CC(C)C1C2CC1C2C(N)=O. The zero-order valence-electron chi connectivity index (χ0n) is 7.08. The highest BCUT2D eigenvalue weighted by Gasteiger charge is 2.63. The standard InChI is InChI=1S/C9H15NO/c1-4(2)7-5-3-6(7)8(5)9(10)11/h4-8H,3H2,1-2H3,(H2,10,11). The molecule has 1 amide bonds. The Labute approximate surface area is 67.1 Å². The van der Waals surface area contributed by atoms with Gasteiger partial charge in [-0.1, -0.05) is 13.8 Å². The maximum atomic E-state index is 10.8. The lowest BCUT2D eigenvalue weighted by Crippen LogP contribution is -2.65. The van der Waals surface area contributed by atoms with Crippen molar-refractivity contribution in [3.8, 4) is 0 Å². The van der Waals surface area contributed by atoms with Crippen molar-refractivity contribution < 1.29 is 4.79 Å². The summed E-state index contributed by atoms with van der Waals surface area (Å²) in [4.78, 5) is 10.8. The van der Waals surface area contributed by atoms with E-state index >= 15 is 0 Å². The highest BCUT2D eigenvalue weighted by atomic mass is 16.1. The van der Waals surface area contributed by atoms with Gasteiger partial charge in [0.2, 0.25) is 5.91 Å². The second-order valence-corrected chi connectivity index (χ2v) is 4.31. The molecule has 2 N–H and O–H groups in total. The highest BCUT2D eigenvalue weighted by molar-refractivity contribution is 5.80. The number of nitrogens with two attached hydrogens (primary N) is 1. The third-order valence-electron chi connectivity index (χ3n) is 3.55. The molecule has 0 aromatic heterocycles. The van der Waals surface area contributed by atoms with Gasteiger partial charge in [0.15, 0.2) is 0 Å². The largest absolute Gasteiger partial charge is 0.369 e. The van der Waals surface area contributed by atoms with E-state index < -0.39 is 0 Å². The fourth-order valence-electron chi connectivity index (χ4n) is 2.91. The molecule has 3 aliphatic carbocycles. The van der Waals surface area contributed by atoms with E-state index in [1.54, 1.807) is 0 Å². The van der Waals surface area contributed by atoms with Crippen LogP contribution in [0.5, 0.6) is 0 Å². The van der Waals surface area contributed by atoms with Gasteiger partial charge < -0.3 is 5.73 Å². The van der Waals surface area contributed by atoms with Crippen molar-refractivity contribution in [3.05, 3.63) is 0 Å². The minimum atomic E-state index is -0.0665. The molecule has 0 aliphatic heterocycles. The van der Waals surface area contributed by atoms with Crippen LogP contribution in [0.25, 0.3) is 0 Å². The second-order valence-electron chi connectivity index (χ2n) is 4.31. The maximum absolute atomic E-state index is 10.8. The second kappa shape index (κ2) is 1.99. The van der Waals surface area contributed by atoms with E-state index in [4.69, 9.17) is 5.73 Å². The van der Waals surface area contributed by atoms with Gasteiger partial charge in [-0.25, -0.2) is 0 Å². The molecule has 3 aliphatic rings. The number of amides is 1. The molecule has 3 saturated carbocycles. The quantitative estimate of drug-likeness (QED) is 0.632. The molecule has 11 heavy (non-hydrogen) atoms. The number of primary amides is 1. The average molecular weight is 153 g/mol. The van der Waals surface area contributed by atoms with Crippen LogP contribution in [-0.2, 0) is 4.79 Å². The summed E-state index contributed by atoms with van der Waals surface area (Å²) in [6.07, 6.45) is 1.26. The van der Waals surface area contributed by atoms with Gasteiger partial charge in [-0.2, -0.15) is 0 Å².